The topological polar surface area (TPSA) is 86.4 Å². The second-order valence-corrected chi connectivity index (χ2v) is 11.0. The van der Waals surface area contributed by atoms with Crippen molar-refractivity contribution in [1.82, 2.24) is 19.4 Å². The molecule has 33 heavy (non-hydrogen) atoms. The molecule has 1 unspecified atom stereocenters. The van der Waals surface area contributed by atoms with E-state index in [2.05, 4.69) is 10.2 Å². The molecule has 5 rings (SSSR count). The summed E-state index contributed by atoms with van der Waals surface area (Å²) in [7, 11) is -3.48. The van der Waals surface area contributed by atoms with E-state index in [4.69, 9.17) is 0 Å². The van der Waals surface area contributed by atoms with Crippen LogP contribution in [-0.4, -0.2) is 46.3 Å². The number of H-pyrrole nitrogens is 1. The third-order valence-electron chi connectivity index (χ3n) is 6.83. The average molecular weight is 465 g/mol. The molecule has 172 valence electrons. The van der Waals surface area contributed by atoms with E-state index in [1.54, 1.807) is 16.4 Å². The Kier molecular flexibility index (Phi) is 5.80. The van der Waals surface area contributed by atoms with Crippen molar-refractivity contribution in [3.8, 4) is 0 Å². The van der Waals surface area contributed by atoms with E-state index in [1.165, 1.54) is 5.56 Å². The highest BCUT2D eigenvalue weighted by atomic mass is 32.2. The first-order valence-electron chi connectivity index (χ1n) is 11.4. The minimum Gasteiger partial charge on any atom is -0.332 e. The molecule has 1 N–H and O–H groups in total. The Labute approximate surface area is 194 Å². The summed E-state index contributed by atoms with van der Waals surface area (Å²) in [6.45, 7) is 3.47. The summed E-state index contributed by atoms with van der Waals surface area (Å²) in [5, 5.41) is 6.52. The molecule has 2 aliphatic heterocycles. The van der Waals surface area contributed by atoms with Crippen molar-refractivity contribution < 1.29 is 13.2 Å². The van der Waals surface area contributed by atoms with Crippen molar-refractivity contribution in [3.05, 3.63) is 88.7 Å². The number of amides is 1. The predicted octanol–water partition coefficient (Wildman–Crippen LogP) is 3.66. The maximum absolute atomic E-state index is 13.4. The molecule has 3 aromatic rings. The van der Waals surface area contributed by atoms with E-state index >= 15 is 0 Å². The van der Waals surface area contributed by atoms with Gasteiger partial charge in [0.1, 0.15) is 5.25 Å². The molecule has 1 saturated heterocycles. The van der Waals surface area contributed by atoms with Crippen molar-refractivity contribution in [2.45, 2.75) is 50.6 Å². The second-order valence-electron chi connectivity index (χ2n) is 8.96. The van der Waals surface area contributed by atoms with Crippen molar-refractivity contribution in [2.75, 3.05) is 6.54 Å². The summed E-state index contributed by atoms with van der Waals surface area (Å²) in [5.74, 6) is -0.0232. The fourth-order valence-electron chi connectivity index (χ4n) is 4.86. The molecule has 1 fully saturated rings. The molecule has 1 aromatic heterocycles. The van der Waals surface area contributed by atoms with Crippen LogP contribution in [0.15, 0.2) is 60.8 Å². The zero-order valence-corrected chi connectivity index (χ0v) is 19.5. The Balaban J connectivity index is 1.31. The Morgan fingerprint density at radius 1 is 1.09 bits per heavy atom. The standard InChI is InChI=1S/C25H28N4O3S/c1-18-7-12-24(20-5-3-2-4-6-20)33(31,32)29(18)16-19-8-10-21(11-9-19)25(30)28-14-13-22-15-26-27-23(22)17-28/h2-6,8-11,15,18,24H,7,12-14,16-17H2,1H3,(H,26,27)/t18-,24?/m0/s1. The number of benzene rings is 2. The number of nitrogens with one attached hydrogen (secondary N) is 1. The highest BCUT2D eigenvalue weighted by Gasteiger charge is 2.40. The van der Waals surface area contributed by atoms with Crippen LogP contribution in [0.2, 0.25) is 0 Å². The Bertz CT molecular complexity index is 1240. The van der Waals surface area contributed by atoms with Gasteiger partial charge in [0.15, 0.2) is 0 Å². The van der Waals surface area contributed by atoms with E-state index in [0.29, 0.717) is 31.6 Å². The molecule has 0 radical (unpaired) electrons. The van der Waals surface area contributed by atoms with Crippen LogP contribution >= 0.6 is 0 Å². The van der Waals surface area contributed by atoms with Crippen LogP contribution in [0.5, 0.6) is 0 Å². The number of hydrogen-bond donors (Lipinski definition) is 1. The SMILES string of the molecule is C[C@H]1CCC(c2ccccc2)S(=O)(=O)N1Cc1ccc(C(=O)N2CCc3cn[nH]c3C2)cc1. The first kappa shape index (κ1) is 21.9. The first-order chi connectivity index (χ1) is 15.9. The number of hydrogen-bond acceptors (Lipinski definition) is 4. The minimum atomic E-state index is -3.48. The van der Waals surface area contributed by atoms with Crippen LogP contribution in [0, 0.1) is 0 Å². The summed E-state index contributed by atoms with van der Waals surface area (Å²) < 4.78 is 28.5. The number of carbonyl (C=O) groups is 1. The van der Waals surface area contributed by atoms with Gasteiger partial charge in [-0.3, -0.25) is 9.89 Å². The molecule has 0 bridgehead atoms. The van der Waals surface area contributed by atoms with Gasteiger partial charge in [0.05, 0.1) is 18.4 Å². The Hall–Kier alpha value is -2.97. The van der Waals surface area contributed by atoms with Gasteiger partial charge in [0.25, 0.3) is 5.91 Å². The van der Waals surface area contributed by atoms with E-state index < -0.39 is 15.3 Å². The van der Waals surface area contributed by atoms with E-state index in [0.717, 1.165) is 29.7 Å². The highest BCUT2D eigenvalue weighted by molar-refractivity contribution is 7.89. The fourth-order valence-corrected chi connectivity index (χ4v) is 7.05. The minimum absolute atomic E-state index is 0.0232. The largest absolute Gasteiger partial charge is 0.332 e. The van der Waals surface area contributed by atoms with E-state index in [1.807, 2.05) is 60.5 Å². The predicted molar refractivity (Wildman–Crippen MR) is 126 cm³/mol. The summed E-state index contributed by atoms with van der Waals surface area (Å²) in [4.78, 5) is 14.8. The highest BCUT2D eigenvalue weighted by Crippen LogP contribution is 2.38. The maximum Gasteiger partial charge on any atom is 0.254 e. The monoisotopic (exact) mass is 464 g/mol. The van der Waals surface area contributed by atoms with Gasteiger partial charge < -0.3 is 4.90 Å². The van der Waals surface area contributed by atoms with Crippen molar-refractivity contribution in [3.63, 3.8) is 0 Å². The molecule has 0 saturated carbocycles. The summed E-state index contributed by atoms with van der Waals surface area (Å²) >= 11 is 0. The Morgan fingerprint density at radius 2 is 1.85 bits per heavy atom. The smallest absolute Gasteiger partial charge is 0.254 e. The molecule has 0 aliphatic carbocycles. The molecule has 8 heteroatoms. The number of carbonyl (C=O) groups excluding carboxylic acids is 1. The molecule has 3 heterocycles. The van der Waals surface area contributed by atoms with Crippen LogP contribution in [0.25, 0.3) is 0 Å². The summed E-state index contributed by atoms with van der Waals surface area (Å²) in [6, 6.07) is 16.7. The van der Waals surface area contributed by atoms with Gasteiger partial charge in [0.2, 0.25) is 10.0 Å². The quantitative estimate of drug-likeness (QED) is 0.638. The van der Waals surface area contributed by atoms with E-state index in [-0.39, 0.29) is 11.9 Å². The Morgan fingerprint density at radius 3 is 2.61 bits per heavy atom. The van der Waals surface area contributed by atoms with Gasteiger partial charge >= 0.3 is 0 Å². The van der Waals surface area contributed by atoms with Crippen LogP contribution < -0.4 is 0 Å². The third kappa shape index (κ3) is 4.20. The van der Waals surface area contributed by atoms with Gasteiger partial charge in [-0.2, -0.15) is 9.40 Å². The third-order valence-corrected chi connectivity index (χ3v) is 9.20. The molecule has 2 aromatic carbocycles. The second kappa shape index (κ2) is 8.76. The van der Waals surface area contributed by atoms with Crippen LogP contribution in [0.4, 0.5) is 0 Å². The molecule has 7 nitrogen and oxygen atoms in total. The zero-order chi connectivity index (χ0) is 23.0. The lowest BCUT2D eigenvalue weighted by molar-refractivity contribution is 0.0732. The molecule has 2 aliphatic rings. The van der Waals surface area contributed by atoms with Crippen molar-refractivity contribution in [2.24, 2.45) is 0 Å². The lowest BCUT2D eigenvalue weighted by atomic mass is 10.0. The van der Waals surface area contributed by atoms with Crippen LogP contribution in [0.3, 0.4) is 0 Å². The number of aromatic nitrogens is 2. The fraction of sp³-hybridized carbons (Fsp3) is 0.360. The zero-order valence-electron chi connectivity index (χ0n) is 18.6. The lowest BCUT2D eigenvalue weighted by Gasteiger charge is -2.37. The number of rotatable bonds is 4. The normalized spacial score (nSPS) is 22.6. The van der Waals surface area contributed by atoms with Crippen LogP contribution in [-0.2, 0) is 29.5 Å². The molecular formula is C25H28N4O3S. The number of aromatic amines is 1. The van der Waals surface area contributed by atoms with Gasteiger partial charge in [-0.05, 0) is 55.0 Å². The maximum atomic E-state index is 13.4. The number of fused-ring (bicyclic) bond motifs is 1. The molecular weight excluding hydrogens is 436 g/mol. The summed E-state index contributed by atoms with van der Waals surface area (Å²) in [6.07, 6.45) is 4.07. The first-order valence-corrected chi connectivity index (χ1v) is 12.9. The van der Waals surface area contributed by atoms with Gasteiger partial charge in [-0.1, -0.05) is 42.5 Å². The van der Waals surface area contributed by atoms with Gasteiger partial charge in [0, 0.05) is 24.7 Å². The van der Waals surface area contributed by atoms with Gasteiger partial charge in [-0.15, -0.1) is 0 Å². The number of sulfonamides is 1. The van der Waals surface area contributed by atoms with Crippen molar-refractivity contribution >= 4 is 15.9 Å². The molecule has 0 spiro atoms. The molecule has 2 atom stereocenters. The van der Waals surface area contributed by atoms with E-state index in [9.17, 15) is 13.2 Å². The lowest BCUT2D eigenvalue weighted by Crippen LogP contribution is -2.44. The summed E-state index contributed by atoms with van der Waals surface area (Å²) in [5.41, 5.74) is 4.49. The van der Waals surface area contributed by atoms with Crippen LogP contribution in [0.1, 0.15) is 57.8 Å². The van der Waals surface area contributed by atoms with Gasteiger partial charge in [-0.25, -0.2) is 8.42 Å². The van der Waals surface area contributed by atoms with Crippen molar-refractivity contribution in [1.29, 1.82) is 0 Å². The molecule has 1 amide bonds. The number of nitrogens with zero attached hydrogens (tertiary/aromatic N) is 3. The average Bonchev–Trinajstić information content (AvgIpc) is 3.30.